The van der Waals surface area contributed by atoms with Crippen molar-refractivity contribution in [1.29, 1.82) is 5.26 Å². The molecule has 0 fully saturated rings. The van der Waals surface area contributed by atoms with Crippen LogP contribution < -0.4 is 0 Å². The van der Waals surface area contributed by atoms with E-state index in [1.807, 2.05) is 24.3 Å². The van der Waals surface area contributed by atoms with Crippen LogP contribution in [0.1, 0.15) is 5.69 Å². The van der Waals surface area contributed by atoms with Gasteiger partial charge < -0.3 is 0 Å². The number of aromatic nitrogens is 3. The van der Waals surface area contributed by atoms with Crippen LogP contribution in [0.5, 0.6) is 0 Å². The maximum absolute atomic E-state index is 9.00. The summed E-state index contributed by atoms with van der Waals surface area (Å²) < 4.78 is 0. The summed E-state index contributed by atoms with van der Waals surface area (Å²) in [4.78, 5) is 1.24. The first-order valence-corrected chi connectivity index (χ1v) is 7.60. The predicted molar refractivity (Wildman–Crippen MR) is 83.8 cm³/mol. The fourth-order valence-electron chi connectivity index (χ4n) is 2.13. The van der Waals surface area contributed by atoms with Crippen molar-refractivity contribution in [3.8, 4) is 28.5 Å². The van der Waals surface area contributed by atoms with Crippen LogP contribution in [-0.2, 0) is 0 Å². The molecule has 1 N–H and O–H groups in total. The van der Waals surface area contributed by atoms with Crippen LogP contribution in [0, 0.1) is 11.3 Å². The van der Waals surface area contributed by atoms with Gasteiger partial charge in [0, 0.05) is 10.5 Å². The number of thioether (sulfide) groups is 1. The van der Waals surface area contributed by atoms with Crippen molar-refractivity contribution in [1.82, 2.24) is 15.4 Å². The van der Waals surface area contributed by atoms with Crippen molar-refractivity contribution >= 4 is 11.8 Å². The number of nitrogens with zero attached hydrogens (tertiary/aromatic N) is 3. The maximum Gasteiger partial charge on any atom is 0.163 e. The van der Waals surface area contributed by atoms with Gasteiger partial charge in [-0.05, 0) is 29.5 Å². The normalized spacial score (nSPS) is 10.3. The smallest absolute Gasteiger partial charge is 0.163 e. The first-order chi connectivity index (χ1) is 10.3. The third-order valence-electron chi connectivity index (χ3n) is 3.22. The molecule has 0 unspecified atom stereocenters. The van der Waals surface area contributed by atoms with Crippen LogP contribution in [0.25, 0.3) is 22.4 Å². The fourth-order valence-corrected chi connectivity index (χ4v) is 2.59. The Balaban J connectivity index is 1.96. The van der Waals surface area contributed by atoms with Crippen molar-refractivity contribution in [2.24, 2.45) is 0 Å². The molecule has 0 spiro atoms. The average Bonchev–Trinajstić information content (AvgIpc) is 3.03. The molecule has 5 heteroatoms. The lowest BCUT2D eigenvalue weighted by atomic mass is 10.0. The van der Waals surface area contributed by atoms with Gasteiger partial charge in [-0.15, -0.1) is 16.9 Å². The highest BCUT2D eigenvalue weighted by Gasteiger charge is 2.09. The molecule has 4 nitrogen and oxygen atoms in total. The van der Waals surface area contributed by atoms with E-state index in [0.29, 0.717) is 11.4 Å². The Kier molecular flexibility index (Phi) is 3.71. The first-order valence-electron chi connectivity index (χ1n) is 6.38. The Hall–Kier alpha value is -2.58. The summed E-state index contributed by atoms with van der Waals surface area (Å²) in [6, 6.07) is 18.4. The summed E-state index contributed by atoms with van der Waals surface area (Å²) in [5, 5.41) is 19.2. The van der Waals surface area contributed by atoms with Gasteiger partial charge >= 0.3 is 0 Å². The Labute approximate surface area is 126 Å². The zero-order chi connectivity index (χ0) is 14.7. The molecule has 0 aliphatic rings. The predicted octanol–water partition coefficient (Wildman–Crippen LogP) is 3.73. The van der Waals surface area contributed by atoms with Gasteiger partial charge in [-0.3, -0.25) is 0 Å². The van der Waals surface area contributed by atoms with E-state index < -0.39 is 0 Å². The lowest BCUT2D eigenvalue weighted by Crippen LogP contribution is -1.84. The molecule has 0 aliphatic carbocycles. The second-order valence-electron chi connectivity index (χ2n) is 4.46. The molecule has 1 heterocycles. The second kappa shape index (κ2) is 5.81. The third-order valence-corrected chi connectivity index (χ3v) is 3.95. The lowest BCUT2D eigenvalue weighted by molar-refractivity contribution is 0.937. The average molecular weight is 292 g/mol. The highest BCUT2D eigenvalue weighted by molar-refractivity contribution is 7.98. The molecule has 21 heavy (non-hydrogen) atoms. The molecule has 0 radical (unpaired) electrons. The van der Waals surface area contributed by atoms with E-state index in [2.05, 4.69) is 52.0 Å². The summed E-state index contributed by atoms with van der Waals surface area (Å²) in [6.07, 6.45) is 2.07. The SMILES string of the molecule is CSc1cccc(-c2ccc(-c3nn[nH]c3C#N)cc2)c1. The van der Waals surface area contributed by atoms with E-state index in [-0.39, 0.29) is 0 Å². The second-order valence-corrected chi connectivity index (χ2v) is 5.34. The first kappa shape index (κ1) is 13.4. The number of rotatable bonds is 3. The molecule has 1 aromatic heterocycles. The molecular formula is C16H12N4S. The molecule has 0 bridgehead atoms. The standard InChI is InChI=1S/C16H12N4S/c1-21-14-4-2-3-13(9-14)11-5-7-12(8-6-11)16-15(10-17)18-20-19-16/h2-9H,1H3,(H,18,19,20). The number of aromatic amines is 1. The molecular weight excluding hydrogens is 280 g/mol. The zero-order valence-electron chi connectivity index (χ0n) is 11.4. The van der Waals surface area contributed by atoms with Crippen LogP contribution in [0.2, 0.25) is 0 Å². The Morgan fingerprint density at radius 2 is 1.81 bits per heavy atom. The van der Waals surface area contributed by atoms with Crippen LogP contribution in [-0.4, -0.2) is 21.7 Å². The van der Waals surface area contributed by atoms with Crippen molar-refractivity contribution < 1.29 is 0 Å². The number of nitrogens with one attached hydrogen (secondary N) is 1. The van der Waals surface area contributed by atoms with Crippen molar-refractivity contribution in [3.63, 3.8) is 0 Å². The summed E-state index contributed by atoms with van der Waals surface area (Å²) >= 11 is 1.73. The number of hydrogen-bond acceptors (Lipinski definition) is 4. The lowest BCUT2D eigenvalue weighted by Gasteiger charge is -2.05. The van der Waals surface area contributed by atoms with Gasteiger partial charge in [-0.2, -0.15) is 5.26 Å². The number of nitriles is 1. The molecule has 3 rings (SSSR count). The quantitative estimate of drug-likeness (QED) is 0.747. The van der Waals surface area contributed by atoms with E-state index in [4.69, 9.17) is 5.26 Å². The topological polar surface area (TPSA) is 65.4 Å². The van der Waals surface area contributed by atoms with Crippen LogP contribution in [0.4, 0.5) is 0 Å². The number of hydrogen-bond donors (Lipinski definition) is 1. The zero-order valence-corrected chi connectivity index (χ0v) is 12.2. The summed E-state index contributed by atoms with van der Waals surface area (Å²) in [5.41, 5.74) is 4.16. The van der Waals surface area contributed by atoms with Crippen LogP contribution in [0.3, 0.4) is 0 Å². The molecule has 102 valence electrons. The summed E-state index contributed by atoms with van der Waals surface area (Å²) in [7, 11) is 0. The number of benzene rings is 2. The van der Waals surface area contributed by atoms with Crippen molar-refractivity contribution in [2.45, 2.75) is 4.90 Å². The number of H-pyrrole nitrogens is 1. The maximum atomic E-state index is 9.00. The molecule has 0 saturated heterocycles. The van der Waals surface area contributed by atoms with Crippen molar-refractivity contribution in [3.05, 3.63) is 54.2 Å². The van der Waals surface area contributed by atoms with E-state index in [1.165, 1.54) is 10.5 Å². The molecule has 3 aromatic rings. The third kappa shape index (κ3) is 2.67. The van der Waals surface area contributed by atoms with E-state index in [0.717, 1.165) is 11.1 Å². The monoisotopic (exact) mass is 292 g/mol. The van der Waals surface area contributed by atoms with Gasteiger partial charge in [0.05, 0.1) is 0 Å². The minimum Gasteiger partial charge on any atom is -0.247 e. The highest BCUT2D eigenvalue weighted by Crippen LogP contribution is 2.27. The van der Waals surface area contributed by atoms with E-state index >= 15 is 0 Å². The van der Waals surface area contributed by atoms with Gasteiger partial charge in [0.1, 0.15) is 11.8 Å². The van der Waals surface area contributed by atoms with E-state index in [9.17, 15) is 0 Å². The van der Waals surface area contributed by atoms with Gasteiger partial charge in [0.2, 0.25) is 0 Å². The molecule has 0 amide bonds. The Bertz CT molecular complexity index is 800. The molecule has 0 aliphatic heterocycles. The summed E-state index contributed by atoms with van der Waals surface area (Å²) in [6.45, 7) is 0. The molecule has 2 aromatic carbocycles. The highest BCUT2D eigenvalue weighted by atomic mass is 32.2. The molecule has 0 atom stereocenters. The van der Waals surface area contributed by atoms with Crippen LogP contribution >= 0.6 is 11.8 Å². The minimum absolute atomic E-state index is 0.382. The van der Waals surface area contributed by atoms with Gasteiger partial charge in [-0.1, -0.05) is 41.6 Å². The molecule has 0 saturated carbocycles. The fraction of sp³-hybridized carbons (Fsp3) is 0.0625. The largest absolute Gasteiger partial charge is 0.247 e. The Morgan fingerprint density at radius 3 is 2.52 bits per heavy atom. The van der Waals surface area contributed by atoms with Gasteiger partial charge in [-0.25, -0.2) is 5.10 Å². The van der Waals surface area contributed by atoms with Gasteiger partial charge in [0.25, 0.3) is 0 Å². The van der Waals surface area contributed by atoms with Crippen molar-refractivity contribution in [2.75, 3.05) is 6.26 Å². The van der Waals surface area contributed by atoms with Gasteiger partial charge in [0.15, 0.2) is 5.69 Å². The van der Waals surface area contributed by atoms with E-state index in [1.54, 1.807) is 11.8 Å². The Morgan fingerprint density at radius 1 is 1.05 bits per heavy atom. The minimum atomic E-state index is 0.382. The summed E-state index contributed by atoms with van der Waals surface area (Å²) in [5.74, 6) is 0. The van der Waals surface area contributed by atoms with Crippen LogP contribution in [0.15, 0.2) is 53.4 Å².